The lowest BCUT2D eigenvalue weighted by Gasteiger charge is -2.21. The summed E-state index contributed by atoms with van der Waals surface area (Å²) in [5.41, 5.74) is 0. The molecule has 7 heteroatoms. The Morgan fingerprint density at radius 2 is 2.21 bits per heavy atom. The Labute approximate surface area is 147 Å². The number of thiazole rings is 1. The molecular formula is C17H27N5OS. The summed E-state index contributed by atoms with van der Waals surface area (Å²) < 4.78 is 0. The van der Waals surface area contributed by atoms with E-state index in [1.165, 1.54) is 17.7 Å². The number of carbonyl (C=O) groups excluding carboxylic acids is 1. The van der Waals surface area contributed by atoms with E-state index in [4.69, 9.17) is 0 Å². The van der Waals surface area contributed by atoms with Crippen LogP contribution in [0.15, 0.2) is 11.2 Å². The standard InChI is InChI=1S/C17H27N5OS/c1-12-9-19-15(24-12)10-20-17(18-2)21-14-7-8-22(11-14)16(23)13-5-3-4-6-13/h9,13-14H,3-8,10-11H2,1-2H3,(H2,18,20,21). The number of aromatic nitrogens is 1. The minimum Gasteiger partial charge on any atom is -0.352 e. The summed E-state index contributed by atoms with van der Waals surface area (Å²) >= 11 is 1.69. The number of aryl methyl sites for hydroxylation is 1. The van der Waals surface area contributed by atoms with Crippen LogP contribution in [0.2, 0.25) is 0 Å². The summed E-state index contributed by atoms with van der Waals surface area (Å²) in [5.74, 6) is 1.41. The first-order chi connectivity index (χ1) is 11.7. The number of guanidine groups is 1. The minimum absolute atomic E-state index is 0.273. The zero-order valence-corrected chi connectivity index (χ0v) is 15.4. The van der Waals surface area contributed by atoms with E-state index in [1.54, 1.807) is 18.4 Å². The number of nitrogens with one attached hydrogen (secondary N) is 2. The van der Waals surface area contributed by atoms with Gasteiger partial charge in [0.25, 0.3) is 0 Å². The zero-order valence-electron chi connectivity index (χ0n) is 14.5. The average molecular weight is 350 g/mol. The van der Waals surface area contributed by atoms with Crippen molar-refractivity contribution in [2.75, 3.05) is 20.1 Å². The SMILES string of the molecule is CN=C(NCc1ncc(C)s1)NC1CCN(C(=O)C2CCCC2)C1. The van der Waals surface area contributed by atoms with Crippen molar-refractivity contribution >= 4 is 23.2 Å². The van der Waals surface area contributed by atoms with Gasteiger partial charge in [0.2, 0.25) is 5.91 Å². The van der Waals surface area contributed by atoms with Gasteiger partial charge < -0.3 is 15.5 Å². The van der Waals surface area contributed by atoms with Gasteiger partial charge >= 0.3 is 0 Å². The molecule has 0 spiro atoms. The molecule has 1 amide bonds. The van der Waals surface area contributed by atoms with E-state index in [0.29, 0.717) is 12.5 Å². The van der Waals surface area contributed by atoms with Gasteiger partial charge in [-0.3, -0.25) is 9.79 Å². The molecular weight excluding hydrogens is 322 g/mol. The van der Waals surface area contributed by atoms with E-state index in [-0.39, 0.29) is 12.0 Å². The van der Waals surface area contributed by atoms with Crippen LogP contribution in [0.4, 0.5) is 0 Å². The van der Waals surface area contributed by atoms with Crippen molar-refractivity contribution in [3.8, 4) is 0 Å². The highest BCUT2D eigenvalue weighted by Crippen LogP contribution is 2.27. The van der Waals surface area contributed by atoms with Crippen LogP contribution >= 0.6 is 11.3 Å². The molecule has 1 aromatic rings. The third-order valence-electron chi connectivity index (χ3n) is 4.84. The Balaban J connectivity index is 1.45. The van der Waals surface area contributed by atoms with E-state index < -0.39 is 0 Å². The van der Waals surface area contributed by atoms with E-state index in [1.807, 2.05) is 11.1 Å². The number of rotatable bonds is 4. The van der Waals surface area contributed by atoms with Crippen LogP contribution in [0.25, 0.3) is 0 Å². The van der Waals surface area contributed by atoms with E-state index in [9.17, 15) is 4.79 Å². The number of aliphatic imine (C=N–C) groups is 1. The molecule has 1 aromatic heterocycles. The number of hydrogen-bond donors (Lipinski definition) is 2. The second-order valence-corrected chi connectivity index (χ2v) is 8.01. The van der Waals surface area contributed by atoms with Gasteiger partial charge in [0.15, 0.2) is 5.96 Å². The second-order valence-electron chi connectivity index (χ2n) is 6.69. The fourth-order valence-electron chi connectivity index (χ4n) is 3.54. The highest BCUT2D eigenvalue weighted by Gasteiger charge is 2.32. The van der Waals surface area contributed by atoms with E-state index >= 15 is 0 Å². The maximum Gasteiger partial charge on any atom is 0.225 e. The predicted molar refractivity (Wildman–Crippen MR) is 97.1 cm³/mol. The summed E-state index contributed by atoms with van der Waals surface area (Å²) in [6.07, 6.45) is 7.43. The molecule has 24 heavy (non-hydrogen) atoms. The first kappa shape index (κ1) is 17.2. The van der Waals surface area contributed by atoms with E-state index in [0.717, 1.165) is 43.3 Å². The molecule has 0 aromatic carbocycles. The van der Waals surface area contributed by atoms with Crippen molar-refractivity contribution in [3.05, 3.63) is 16.1 Å². The summed E-state index contributed by atoms with van der Waals surface area (Å²) in [6.45, 7) is 4.38. The molecule has 2 aliphatic rings. The van der Waals surface area contributed by atoms with Crippen molar-refractivity contribution in [2.24, 2.45) is 10.9 Å². The van der Waals surface area contributed by atoms with Gasteiger partial charge in [-0.15, -0.1) is 11.3 Å². The highest BCUT2D eigenvalue weighted by molar-refractivity contribution is 7.11. The third kappa shape index (κ3) is 4.26. The fourth-order valence-corrected chi connectivity index (χ4v) is 4.27. The van der Waals surface area contributed by atoms with Gasteiger partial charge in [-0.1, -0.05) is 12.8 Å². The number of likely N-dealkylation sites (tertiary alicyclic amines) is 1. The fraction of sp³-hybridized carbons (Fsp3) is 0.706. The van der Waals surface area contributed by atoms with Crippen molar-refractivity contribution < 1.29 is 4.79 Å². The zero-order chi connectivity index (χ0) is 16.9. The van der Waals surface area contributed by atoms with Gasteiger partial charge in [0, 0.05) is 43.2 Å². The van der Waals surface area contributed by atoms with Crippen molar-refractivity contribution in [3.63, 3.8) is 0 Å². The topological polar surface area (TPSA) is 69.6 Å². The number of nitrogens with zero attached hydrogens (tertiary/aromatic N) is 3. The quantitative estimate of drug-likeness (QED) is 0.643. The lowest BCUT2D eigenvalue weighted by Crippen LogP contribution is -2.45. The van der Waals surface area contributed by atoms with Crippen LogP contribution in [-0.2, 0) is 11.3 Å². The maximum atomic E-state index is 12.5. The Morgan fingerprint density at radius 3 is 2.88 bits per heavy atom. The maximum absolute atomic E-state index is 12.5. The van der Waals surface area contributed by atoms with Crippen LogP contribution in [0.5, 0.6) is 0 Å². The molecule has 0 bridgehead atoms. The first-order valence-corrected chi connectivity index (χ1v) is 9.64. The molecule has 3 rings (SSSR count). The van der Waals surface area contributed by atoms with Crippen LogP contribution in [0, 0.1) is 12.8 Å². The van der Waals surface area contributed by atoms with Crippen LogP contribution in [0.1, 0.15) is 42.0 Å². The average Bonchev–Trinajstić information content (AvgIpc) is 3.32. The first-order valence-electron chi connectivity index (χ1n) is 8.83. The molecule has 1 aliphatic carbocycles. The van der Waals surface area contributed by atoms with Gasteiger partial charge in [0.1, 0.15) is 5.01 Å². The highest BCUT2D eigenvalue weighted by atomic mass is 32.1. The Morgan fingerprint density at radius 1 is 1.42 bits per heavy atom. The Kier molecular flexibility index (Phi) is 5.71. The Bertz CT molecular complexity index is 594. The normalized spacial score (nSPS) is 22.2. The summed E-state index contributed by atoms with van der Waals surface area (Å²) in [4.78, 5) is 24.4. The smallest absolute Gasteiger partial charge is 0.225 e. The molecule has 132 valence electrons. The van der Waals surface area contributed by atoms with Crippen molar-refractivity contribution in [1.29, 1.82) is 0 Å². The molecule has 1 atom stereocenters. The summed E-state index contributed by atoms with van der Waals surface area (Å²) in [6, 6.07) is 0.277. The molecule has 1 aliphatic heterocycles. The van der Waals surface area contributed by atoms with Crippen molar-refractivity contribution in [1.82, 2.24) is 20.5 Å². The largest absolute Gasteiger partial charge is 0.352 e. The lowest BCUT2D eigenvalue weighted by atomic mass is 10.1. The van der Waals surface area contributed by atoms with Gasteiger partial charge in [-0.05, 0) is 26.2 Å². The summed E-state index contributed by atoms with van der Waals surface area (Å²) in [5, 5.41) is 7.80. The van der Waals surface area contributed by atoms with E-state index in [2.05, 4.69) is 27.5 Å². The molecule has 1 unspecified atom stereocenters. The predicted octanol–water partition coefficient (Wildman–Crippen LogP) is 1.91. The second kappa shape index (κ2) is 7.96. The monoisotopic (exact) mass is 349 g/mol. The van der Waals surface area contributed by atoms with Crippen molar-refractivity contribution in [2.45, 2.75) is 51.6 Å². The molecule has 2 heterocycles. The van der Waals surface area contributed by atoms with Gasteiger partial charge in [-0.25, -0.2) is 4.98 Å². The number of amides is 1. The number of carbonyl (C=O) groups is 1. The third-order valence-corrected chi connectivity index (χ3v) is 5.76. The van der Waals surface area contributed by atoms with Crippen LogP contribution in [0.3, 0.4) is 0 Å². The van der Waals surface area contributed by atoms with Gasteiger partial charge in [0.05, 0.1) is 6.54 Å². The number of hydrogen-bond acceptors (Lipinski definition) is 4. The molecule has 2 N–H and O–H groups in total. The summed E-state index contributed by atoms with van der Waals surface area (Å²) in [7, 11) is 1.78. The van der Waals surface area contributed by atoms with Crippen LogP contribution in [-0.4, -0.2) is 47.9 Å². The molecule has 0 radical (unpaired) electrons. The molecule has 2 fully saturated rings. The molecule has 6 nitrogen and oxygen atoms in total. The Hall–Kier alpha value is -1.63. The molecule has 1 saturated heterocycles. The molecule has 1 saturated carbocycles. The lowest BCUT2D eigenvalue weighted by molar-refractivity contribution is -0.134. The minimum atomic E-state index is 0.273. The van der Waals surface area contributed by atoms with Gasteiger partial charge in [-0.2, -0.15) is 0 Å². The van der Waals surface area contributed by atoms with Crippen LogP contribution < -0.4 is 10.6 Å².